The van der Waals surface area contributed by atoms with Crippen molar-refractivity contribution in [3.8, 4) is 5.75 Å². The van der Waals surface area contributed by atoms with Crippen molar-refractivity contribution >= 4 is 11.6 Å². The molecule has 4 rings (SSSR count). The minimum atomic E-state index is -0.637. The molecule has 2 aromatic rings. The number of nitrogens with zero attached hydrogens (tertiary/aromatic N) is 1. The second kappa shape index (κ2) is 3.60. The smallest absolute Gasteiger partial charge is 0.230 e. The van der Waals surface area contributed by atoms with Crippen molar-refractivity contribution in [3.05, 3.63) is 60.2 Å². The summed E-state index contributed by atoms with van der Waals surface area (Å²) in [5.74, 6) is 0.924. The molecule has 0 aromatic heterocycles. The third-order valence-electron chi connectivity index (χ3n) is 3.90. The van der Waals surface area contributed by atoms with Gasteiger partial charge in [-0.15, -0.1) is 0 Å². The topological polar surface area (TPSA) is 29.5 Å². The Bertz CT molecular complexity index is 653. The highest BCUT2D eigenvalue weighted by Gasteiger charge is 2.54. The number of hydrogen-bond donors (Lipinski definition) is 0. The second-order valence-corrected chi connectivity index (χ2v) is 4.95. The average Bonchev–Trinajstić information content (AvgIpc) is 2.96. The van der Waals surface area contributed by atoms with Crippen LogP contribution in [0.15, 0.2) is 54.6 Å². The lowest BCUT2D eigenvalue weighted by atomic mass is 10.0. The number of rotatable bonds is 1. The SMILES string of the molecule is O=C1CCC2(c3ccccc3)Oc3ccccc3N12. The van der Waals surface area contributed by atoms with Crippen LogP contribution in [0, 0.1) is 0 Å². The summed E-state index contributed by atoms with van der Waals surface area (Å²) in [6.07, 6.45) is 1.23. The Balaban J connectivity index is 1.93. The zero-order valence-corrected chi connectivity index (χ0v) is 10.4. The highest BCUT2D eigenvalue weighted by atomic mass is 16.5. The van der Waals surface area contributed by atoms with E-state index in [1.165, 1.54) is 0 Å². The van der Waals surface area contributed by atoms with Crippen LogP contribution in [0.3, 0.4) is 0 Å². The van der Waals surface area contributed by atoms with Crippen LogP contribution in [0.1, 0.15) is 18.4 Å². The quantitative estimate of drug-likeness (QED) is 0.779. The minimum absolute atomic E-state index is 0.133. The van der Waals surface area contributed by atoms with E-state index in [0.717, 1.165) is 17.0 Å². The van der Waals surface area contributed by atoms with Gasteiger partial charge in [-0.25, -0.2) is 0 Å². The maximum atomic E-state index is 12.2. The van der Waals surface area contributed by atoms with E-state index in [1.807, 2.05) is 59.5 Å². The first-order valence-corrected chi connectivity index (χ1v) is 6.48. The van der Waals surface area contributed by atoms with Gasteiger partial charge < -0.3 is 4.74 Å². The van der Waals surface area contributed by atoms with Gasteiger partial charge in [-0.3, -0.25) is 9.69 Å². The highest BCUT2D eigenvalue weighted by molar-refractivity contribution is 6.00. The molecule has 0 bridgehead atoms. The molecule has 2 heterocycles. The van der Waals surface area contributed by atoms with Gasteiger partial charge in [0.2, 0.25) is 11.6 Å². The lowest BCUT2D eigenvalue weighted by Gasteiger charge is -2.31. The molecule has 2 aliphatic rings. The largest absolute Gasteiger partial charge is 0.461 e. The number of carbonyl (C=O) groups excluding carboxylic acids is 1. The number of amides is 1. The predicted molar refractivity (Wildman–Crippen MR) is 71.9 cm³/mol. The first kappa shape index (κ1) is 10.6. The zero-order valence-electron chi connectivity index (χ0n) is 10.4. The fraction of sp³-hybridized carbons (Fsp3) is 0.188. The number of para-hydroxylation sites is 2. The number of hydrogen-bond acceptors (Lipinski definition) is 2. The summed E-state index contributed by atoms with van der Waals surface area (Å²) in [5, 5.41) is 0. The standard InChI is InChI=1S/C16H13NO2/c18-15-10-11-16(12-6-2-1-3-7-12)17(15)13-8-4-5-9-14(13)19-16/h1-9H,10-11H2. The Kier molecular flexibility index (Phi) is 2.01. The van der Waals surface area contributed by atoms with E-state index in [2.05, 4.69) is 0 Å². The predicted octanol–water partition coefficient (Wildman–Crippen LogP) is 3.06. The van der Waals surface area contributed by atoms with E-state index in [-0.39, 0.29) is 5.91 Å². The molecule has 2 aliphatic heterocycles. The van der Waals surface area contributed by atoms with Crippen LogP contribution >= 0.6 is 0 Å². The maximum Gasteiger partial charge on any atom is 0.230 e. The summed E-state index contributed by atoms with van der Waals surface area (Å²) in [6.45, 7) is 0. The van der Waals surface area contributed by atoms with E-state index in [1.54, 1.807) is 0 Å². The molecule has 94 valence electrons. The molecule has 1 fully saturated rings. The molecule has 1 unspecified atom stereocenters. The number of benzene rings is 2. The fourth-order valence-corrected chi connectivity index (χ4v) is 3.07. The number of ether oxygens (including phenoxy) is 1. The first-order chi connectivity index (χ1) is 9.31. The molecule has 0 spiro atoms. The third kappa shape index (κ3) is 1.30. The van der Waals surface area contributed by atoms with Crippen LogP contribution < -0.4 is 9.64 Å². The molecular formula is C16H13NO2. The summed E-state index contributed by atoms with van der Waals surface area (Å²) >= 11 is 0. The van der Waals surface area contributed by atoms with E-state index in [9.17, 15) is 4.79 Å². The Morgan fingerprint density at radius 3 is 2.58 bits per heavy atom. The van der Waals surface area contributed by atoms with E-state index in [4.69, 9.17) is 4.74 Å². The number of carbonyl (C=O) groups is 1. The summed E-state index contributed by atoms with van der Waals surface area (Å²) in [5.41, 5.74) is 1.29. The molecule has 1 amide bonds. The zero-order chi connectivity index (χ0) is 12.9. The van der Waals surface area contributed by atoms with Crippen molar-refractivity contribution in [1.29, 1.82) is 0 Å². The van der Waals surface area contributed by atoms with Crippen molar-refractivity contribution in [3.63, 3.8) is 0 Å². The van der Waals surface area contributed by atoms with Gasteiger partial charge in [-0.05, 0) is 12.1 Å². The Morgan fingerprint density at radius 2 is 1.74 bits per heavy atom. The molecule has 0 saturated carbocycles. The molecule has 3 heteroatoms. The van der Waals surface area contributed by atoms with Crippen molar-refractivity contribution in [1.82, 2.24) is 0 Å². The van der Waals surface area contributed by atoms with Crippen LogP contribution in [-0.2, 0) is 10.5 Å². The third-order valence-corrected chi connectivity index (χ3v) is 3.90. The molecule has 0 aliphatic carbocycles. The van der Waals surface area contributed by atoms with Crippen molar-refractivity contribution in [2.24, 2.45) is 0 Å². The summed E-state index contributed by atoms with van der Waals surface area (Å²) in [4.78, 5) is 14.1. The maximum absolute atomic E-state index is 12.2. The van der Waals surface area contributed by atoms with Gasteiger partial charge in [0, 0.05) is 18.4 Å². The van der Waals surface area contributed by atoms with Crippen LogP contribution in [-0.4, -0.2) is 5.91 Å². The summed E-state index contributed by atoms with van der Waals surface area (Å²) in [7, 11) is 0. The lowest BCUT2D eigenvalue weighted by molar-refractivity contribution is -0.117. The Hall–Kier alpha value is -2.29. The number of anilines is 1. The van der Waals surface area contributed by atoms with Gasteiger partial charge in [0.15, 0.2) is 0 Å². The van der Waals surface area contributed by atoms with Crippen LogP contribution in [0.4, 0.5) is 5.69 Å². The molecule has 2 aromatic carbocycles. The van der Waals surface area contributed by atoms with Gasteiger partial charge in [-0.2, -0.15) is 0 Å². The molecule has 1 saturated heterocycles. The van der Waals surface area contributed by atoms with Gasteiger partial charge in [0.1, 0.15) is 5.75 Å². The van der Waals surface area contributed by atoms with Gasteiger partial charge in [0.05, 0.1) is 5.69 Å². The normalized spacial score (nSPS) is 24.0. The Labute approximate surface area is 111 Å². The van der Waals surface area contributed by atoms with Crippen LogP contribution in [0.5, 0.6) is 5.75 Å². The van der Waals surface area contributed by atoms with E-state index < -0.39 is 5.72 Å². The van der Waals surface area contributed by atoms with Crippen molar-refractivity contribution in [2.45, 2.75) is 18.6 Å². The molecular weight excluding hydrogens is 238 g/mol. The second-order valence-electron chi connectivity index (χ2n) is 4.95. The van der Waals surface area contributed by atoms with Crippen LogP contribution in [0.25, 0.3) is 0 Å². The van der Waals surface area contributed by atoms with Crippen molar-refractivity contribution in [2.75, 3.05) is 4.90 Å². The Morgan fingerprint density at radius 1 is 1.00 bits per heavy atom. The van der Waals surface area contributed by atoms with Gasteiger partial charge in [-0.1, -0.05) is 42.5 Å². The first-order valence-electron chi connectivity index (χ1n) is 6.48. The molecule has 0 radical (unpaired) electrons. The summed E-state index contributed by atoms with van der Waals surface area (Å²) in [6, 6.07) is 17.7. The minimum Gasteiger partial charge on any atom is -0.461 e. The van der Waals surface area contributed by atoms with Gasteiger partial charge in [0.25, 0.3) is 0 Å². The van der Waals surface area contributed by atoms with E-state index >= 15 is 0 Å². The average molecular weight is 251 g/mol. The highest BCUT2D eigenvalue weighted by Crippen LogP contribution is 2.52. The molecule has 19 heavy (non-hydrogen) atoms. The molecule has 1 atom stereocenters. The molecule has 3 nitrogen and oxygen atoms in total. The number of fused-ring (bicyclic) bond motifs is 3. The molecule has 0 N–H and O–H groups in total. The van der Waals surface area contributed by atoms with Crippen molar-refractivity contribution < 1.29 is 9.53 Å². The van der Waals surface area contributed by atoms with Crippen LogP contribution in [0.2, 0.25) is 0 Å². The fourth-order valence-electron chi connectivity index (χ4n) is 3.07. The van der Waals surface area contributed by atoms with E-state index in [0.29, 0.717) is 12.8 Å². The summed E-state index contributed by atoms with van der Waals surface area (Å²) < 4.78 is 6.18. The lowest BCUT2D eigenvalue weighted by Crippen LogP contribution is -2.43. The monoisotopic (exact) mass is 251 g/mol. The van der Waals surface area contributed by atoms with Gasteiger partial charge >= 0.3 is 0 Å².